The van der Waals surface area contributed by atoms with Crippen molar-refractivity contribution in [3.63, 3.8) is 0 Å². The fourth-order valence-electron chi connectivity index (χ4n) is 9.42. The highest BCUT2D eigenvalue weighted by Crippen LogP contribution is 2.43. The van der Waals surface area contributed by atoms with Crippen LogP contribution in [0.3, 0.4) is 0 Å². The highest BCUT2D eigenvalue weighted by molar-refractivity contribution is 7.25. The summed E-state index contributed by atoms with van der Waals surface area (Å²) in [4.78, 5) is 15.5. The Morgan fingerprint density at radius 2 is 0.831 bits per heavy atom. The van der Waals surface area contributed by atoms with E-state index in [1.54, 1.807) is 11.3 Å². The van der Waals surface area contributed by atoms with E-state index in [1.165, 1.54) is 10.8 Å². The second-order valence-electron chi connectivity index (χ2n) is 16.0. The van der Waals surface area contributed by atoms with Crippen LogP contribution in [0.5, 0.6) is 0 Å². The molecule has 5 heterocycles. The van der Waals surface area contributed by atoms with Gasteiger partial charge in [0.2, 0.25) is 0 Å². The van der Waals surface area contributed by atoms with Gasteiger partial charge in [-0.25, -0.2) is 9.97 Å². The number of aromatic nitrogens is 6. The molecule has 0 atom stereocenters. The molecule has 65 heavy (non-hydrogen) atoms. The third-order valence-corrected chi connectivity index (χ3v) is 13.3. The maximum absolute atomic E-state index is 5.34. The van der Waals surface area contributed by atoms with E-state index < -0.39 is 0 Å². The molecule has 0 unspecified atom stereocenters. The van der Waals surface area contributed by atoms with Gasteiger partial charge in [0, 0.05) is 61.7 Å². The number of hydrogen-bond donors (Lipinski definition) is 0. The van der Waals surface area contributed by atoms with Crippen LogP contribution in [-0.4, -0.2) is 29.3 Å². The summed E-state index contributed by atoms with van der Waals surface area (Å²) in [7, 11) is 0. The zero-order valence-electron chi connectivity index (χ0n) is 34.8. The molecule has 13 rings (SSSR count). The molecule has 9 heteroatoms. The Hall–Kier alpha value is -8.66. The third-order valence-electron chi connectivity index (χ3n) is 12.2. The van der Waals surface area contributed by atoms with Gasteiger partial charge in [-0.15, -0.1) is 21.5 Å². The van der Waals surface area contributed by atoms with E-state index in [2.05, 4.69) is 219 Å². The van der Waals surface area contributed by atoms with Crippen LogP contribution in [-0.2, 0) is 0 Å². The Bertz CT molecular complexity index is 3650. The van der Waals surface area contributed by atoms with Crippen LogP contribution < -0.4 is 9.80 Å². The number of rotatable bonds is 8. The predicted octanol–water partition coefficient (Wildman–Crippen LogP) is 14.8. The van der Waals surface area contributed by atoms with E-state index in [0.717, 1.165) is 87.5 Å². The van der Waals surface area contributed by atoms with Gasteiger partial charge in [0.1, 0.15) is 15.9 Å². The van der Waals surface area contributed by atoms with E-state index >= 15 is 0 Å². The zero-order chi connectivity index (χ0) is 42.8. The lowest BCUT2D eigenvalue weighted by Gasteiger charge is -2.24. The smallest absolute Gasteiger partial charge is 0.161 e. The number of fused-ring (bicyclic) bond motifs is 9. The summed E-state index contributed by atoms with van der Waals surface area (Å²) in [6, 6.07) is 74.5. The van der Waals surface area contributed by atoms with Gasteiger partial charge < -0.3 is 9.13 Å². The van der Waals surface area contributed by atoms with Crippen LogP contribution in [0.2, 0.25) is 0 Å². The maximum Gasteiger partial charge on any atom is 0.161 e. The van der Waals surface area contributed by atoms with Crippen molar-refractivity contribution < 1.29 is 0 Å². The number of nitrogens with zero attached hydrogens (tertiary/aromatic N) is 8. The molecule has 0 aliphatic carbocycles. The SMILES string of the molecule is c1ccc(N(c2ccc3c(c2)c2ccccc2n3-c2ccccc2)c2cc3sc4nc(N(c5ccccc5)c5ccc6c(c5)c5ccccc5n6-c5ccccc5)cnc4c3nn2)cc1. The largest absolute Gasteiger partial charge is 0.309 e. The standard InChI is InChI=1S/C56H36N8S/c1-5-17-37(18-6-1)61(41-29-31-49-45(33-41)43-25-13-15-27-47(43)63(49)39-21-9-3-10-22-39)52-35-51-54(60-59-52)55-56(65-51)58-53(36-57-55)62(38-19-7-2-8-20-38)42-30-32-50-46(34-42)44-26-14-16-28-48(44)64(50)40-23-11-4-12-24-40/h1-36H. The predicted molar refractivity (Wildman–Crippen MR) is 269 cm³/mol. The molecule has 0 spiro atoms. The molecular formula is C56H36N8S. The first-order valence-corrected chi connectivity index (χ1v) is 22.4. The highest BCUT2D eigenvalue weighted by Gasteiger charge is 2.23. The molecule has 0 saturated carbocycles. The molecule has 306 valence electrons. The Morgan fingerprint density at radius 3 is 1.37 bits per heavy atom. The molecule has 5 aromatic heterocycles. The summed E-state index contributed by atoms with van der Waals surface area (Å²) in [5, 5.41) is 14.5. The minimum atomic E-state index is 0.704. The molecule has 0 aliphatic heterocycles. The maximum atomic E-state index is 5.34. The molecule has 0 aliphatic rings. The van der Waals surface area contributed by atoms with Gasteiger partial charge in [-0.3, -0.25) is 9.80 Å². The first kappa shape index (κ1) is 36.9. The lowest BCUT2D eigenvalue weighted by Crippen LogP contribution is -2.12. The van der Waals surface area contributed by atoms with Crippen LogP contribution in [0.1, 0.15) is 0 Å². The molecule has 0 saturated heterocycles. The fraction of sp³-hybridized carbons (Fsp3) is 0. The Kier molecular flexibility index (Phi) is 8.53. The van der Waals surface area contributed by atoms with Gasteiger partial charge in [-0.2, -0.15) is 0 Å². The average Bonchev–Trinajstić information content (AvgIpc) is 4.02. The molecule has 0 N–H and O–H groups in total. The molecule has 13 aromatic rings. The highest BCUT2D eigenvalue weighted by atomic mass is 32.1. The van der Waals surface area contributed by atoms with Crippen molar-refractivity contribution in [2.45, 2.75) is 0 Å². The molecule has 8 aromatic carbocycles. The van der Waals surface area contributed by atoms with Gasteiger partial charge >= 0.3 is 0 Å². The van der Waals surface area contributed by atoms with Crippen molar-refractivity contribution in [3.8, 4) is 11.4 Å². The van der Waals surface area contributed by atoms with Gasteiger partial charge in [0.05, 0.1) is 33.0 Å². The van der Waals surface area contributed by atoms with E-state index in [9.17, 15) is 0 Å². The number of thiophene rings is 1. The second-order valence-corrected chi connectivity index (χ2v) is 17.1. The van der Waals surface area contributed by atoms with Crippen molar-refractivity contribution in [2.75, 3.05) is 9.80 Å². The van der Waals surface area contributed by atoms with Crippen LogP contribution in [0, 0.1) is 0 Å². The van der Waals surface area contributed by atoms with Crippen LogP contribution in [0.15, 0.2) is 219 Å². The molecule has 8 nitrogen and oxygen atoms in total. The fourth-order valence-corrected chi connectivity index (χ4v) is 10.4. The molecule has 0 amide bonds. The normalized spacial score (nSPS) is 11.7. The lowest BCUT2D eigenvalue weighted by molar-refractivity contribution is 1.04. The minimum absolute atomic E-state index is 0.704. The summed E-state index contributed by atoms with van der Waals surface area (Å²) >= 11 is 1.58. The first-order valence-electron chi connectivity index (χ1n) is 21.6. The van der Waals surface area contributed by atoms with Crippen LogP contribution in [0.4, 0.5) is 34.4 Å². The summed E-state index contributed by atoms with van der Waals surface area (Å²) in [6.45, 7) is 0. The molecular weight excluding hydrogens is 817 g/mol. The van der Waals surface area contributed by atoms with E-state index in [0.29, 0.717) is 11.6 Å². The third kappa shape index (κ3) is 6.05. The van der Waals surface area contributed by atoms with E-state index in [-0.39, 0.29) is 0 Å². The average molecular weight is 853 g/mol. The van der Waals surface area contributed by atoms with Gasteiger partial charge in [-0.1, -0.05) is 109 Å². The number of anilines is 6. The minimum Gasteiger partial charge on any atom is -0.309 e. The van der Waals surface area contributed by atoms with Crippen molar-refractivity contribution in [2.24, 2.45) is 0 Å². The van der Waals surface area contributed by atoms with Crippen molar-refractivity contribution in [3.05, 3.63) is 219 Å². The van der Waals surface area contributed by atoms with Gasteiger partial charge in [0.15, 0.2) is 11.6 Å². The Balaban J connectivity index is 0.936. The van der Waals surface area contributed by atoms with Crippen LogP contribution >= 0.6 is 11.3 Å². The Labute approximate surface area is 377 Å². The van der Waals surface area contributed by atoms with Gasteiger partial charge in [0.25, 0.3) is 0 Å². The summed E-state index contributed by atoms with van der Waals surface area (Å²) in [5.74, 6) is 1.42. The lowest BCUT2D eigenvalue weighted by atomic mass is 10.1. The number of benzene rings is 8. The summed E-state index contributed by atoms with van der Waals surface area (Å²) in [5.41, 5.74) is 12.2. The van der Waals surface area contributed by atoms with E-state index in [1.807, 2.05) is 18.3 Å². The molecule has 0 radical (unpaired) electrons. The Morgan fingerprint density at radius 1 is 0.369 bits per heavy atom. The second kappa shape index (κ2) is 15.0. The van der Waals surface area contributed by atoms with Crippen molar-refractivity contribution in [1.29, 1.82) is 0 Å². The zero-order valence-corrected chi connectivity index (χ0v) is 35.6. The first-order chi connectivity index (χ1) is 32.2. The quantitative estimate of drug-likeness (QED) is 0.152. The summed E-state index contributed by atoms with van der Waals surface area (Å²) < 4.78 is 5.62. The number of para-hydroxylation sites is 6. The monoisotopic (exact) mass is 852 g/mol. The summed E-state index contributed by atoms with van der Waals surface area (Å²) in [6.07, 6.45) is 1.85. The van der Waals surface area contributed by atoms with E-state index in [4.69, 9.17) is 20.2 Å². The number of hydrogen-bond acceptors (Lipinski definition) is 7. The molecule has 0 bridgehead atoms. The molecule has 0 fully saturated rings. The van der Waals surface area contributed by atoms with Gasteiger partial charge in [-0.05, 0) is 97.1 Å². The van der Waals surface area contributed by atoms with Crippen LogP contribution in [0.25, 0.3) is 75.6 Å². The van der Waals surface area contributed by atoms with Crippen molar-refractivity contribution in [1.82, 2.24) is 29.3 Å². The topological polar surface area (TPSA) is 67.9 Å². The van der Waals surface area contributed by atoms with Crippen molar-refractivity contribution >= 4 is 110 Å².